The van der Waals surface area contributed by atoms with E-state index in [1.54, 1.807) is 0 Å². The highest BCUT2D eigenvalue weighted by Gasteiger charge is 2.03. The zero-order chi connectivity index (χ0) is 39.2. The van der Waals surface area contributed by atoms with Crippen molar-refractivity contribution in [1.29, 1.82) is 0 Å². The Labute approximate surface area is 333 Å². The van der Waals surface area contributed by atoms with Gasteiger partial charge in [-0.25, -0.2) is 0 Å². The summed E-state index contributed by atoms with van der Waals surface area (Å²) in [5.74, 6) is -0.131. The molecule has 12 nitrogen and oxygen atoms in total. The van der Waals surface area contributed by atoms with Crippen molar-refractivity contribution in [1.82, 2.24) is 0 Å². The van der Waals surface area contributed by atoms with Crippen molar-refractivity contribution >= 4 is 5.97 Å². The molecule has 0 amide bonds. The second kappa shape index (κ2) is 45.0. The molecule has 1 aromatic carbocycles. The fraction of sp³-hybridized carbons (Fsp3) is 0.837. The Morgan fingerprint density at radius 3 is 1.00 bits per heavy atom. The number of ether oxygens (including phenoxy) is 11. The van der Waals surface area contributed by atoms with Crippen LogP contribution in [0.5, 0.6) is 0 Å². The van der Waals surface area contributed by atoms with E-state index >= 15 is 0 Å². The molecular weight excluding hydrogens is 708 g/mol. The SMILES string of the molecule is CCCCCCCCCCCCCCCC(=O)OCCOCCOCCOCCOCCOCCOCCOCCOCCOCCOCc1ccccc1. The van der Waals surface area contributed by atoms with Crippen molar-refractivity contribution < 1.29 is 56.9 Å². The van der Waals surface area contributed by atoms with E-state index in [-0.39, 0.29) is 12.6 Å². The maximum Gasteiger partial charge on any atom is 0.305 e. The van der Waals surface area contributed by atoms with Crippen LogP contribution in [0, 0.1) is 0 Å². The van der Waals surface area contributed by atoms with Crippen LogP contribution in [0.2, 0.25) is 0 Å². The summed E-state index contributed by atoms with van der Waals surface area (Å²) < 4.78 is 60.3. The molecule has 0 spiro atoms. The molecule has 0 aromatic heterocycles. The van der Waals surface area contributed by atoms with Crippen LogP contribution < -0.4 is 0 Å². The van der Waals surface area contributed by atoms with Crippen molar-refractivity contribution in [2.24, 2.45) is 0 Å². The predicted molar refractivity (Wildman–Crippen MR) is 215 cm³/mol. The van der Waals surface area contributed by atoms with Crippen LogP contribution in [-0.2, 0) is 63.5 Å². The van der Waals surface area contributed by atoms with Gasteiger partial charge in [0, 0.05) is 6.42 Å². The van der Waals surface area contributed by atoms with Gasteiger partial charge in [0.2, 0.25) is 0 Å². The Morgan fingerprint density at radius 1 is 0.364 bits per heavy atom. The smallest absolute Gasteiger partial charge is 0.305 e. The molecule has 0 saturated heterocycles. The number of esters is 1. The van der Waals surface area contributed by atoms with Crippen LogP contribution in [0.4, 0.5) is 0 Å². The first-order chi connectivity index (χ1) is 27.3. The zero-order valence-electron chi connectivity index (χ0n) is 34.5. The minimum Gasteiger partial charge on any atom is -0.463 e. The molecule has 1 aromatic rings. The molecule has 0 radical (unpaired) electrons. The lowest BCUT2D eigenvalue weighted by Crippen LogP contribution is -2.15. The number of unbranched alkanes of at least 4 members (excludes halogenated alkanes) is 12. The monoisotopic (exact) mass is 787 g/mol. The number of rotatable bonds is 46. The lowest BCUT2D eigenvalue weighted by molar-refractivity contribution is -0.145. The maximum atomic E-state index is 11.9. The van der Waals surface area contributed by atoms with E-state index in [4.69, 9.17) is 52.1 Å². The quantitative estimate of drug-likeness (QED) is 0.0485. The third kappa shape index (κ3) is 41.7. The summed E-state index contributed by atoms with van der Waals surface area (Å²) in [6, 6.07) is 10.1. The Balaban J connectivity index is 1.63. The van der Waals surface area contributed by atoms with Crippen LogP contribution >= 0.6 is 0 Å². The van der Waals surface area contributed by atoms with Gasteiger partial charge in [0.05, 0.1) is 132 Å². The van der Waals surface area contributed by atoms with Crippen molar-refractivity contribution in [2.75, 3.05) is 132 Å². The van der Waals surface area contributed by atoms with Gasteiger partial charge in [0.1, 0.15) is 6.61 Å². The van der Waals surface area contributed by atoms with Crippen LogP contribution in [0.1, 0.15) is 102 Å². The van der Waals surface area contributed by atoms with Crippen LogP contribution in [0.15, 0.2) is 30.3 Å². The molecule has 0 N–H and O–H groups in total. The number of carbonyl (C=O) groups excluding carboxylic acids is 1. The molecule has 0 aliphatic rings. The molecule has 0 unspecified atom stereocenters. The molecule has 1 rings (SSSR count). The lowest BCUT2D eigenvalue weighted by Gasteiger charge is -2.09. The first kappa shape index (κ1) is 51.3. The largest absolute Gasteiger partial charge is 0.463 e. The van der Waals surface area contributed by atoms with Gasteiger partial charge in [-0.3, -0.25) is 4.79 Å². The van der Waals surface area contributed by atoms with Crippen LogP contribution in [0.3, 0.4) is 0 Å². The number of benzene rings is 1. The number of hydrogen-bond acceptors (Lipinski definition) is 12. The Hall–Kier alpha value is -1.71. The minimum atomic E-state index is -0.131. The average Bonchev–Trinajstić information content (AvgIpc) is 3.20. The number of hydrogen-bond donors (Lipinski definition) is 0. The van der Waals surface area contributed by atoms with Crippen molar-refractivity contribution in [3.63, 3.8) is 0 Å². The number of carbonyl (C=O) groups is 1. The van der Waals surface area contributed by atoms with Gasteiger partial charge in [0.15, 0.2) is 0 Å². The van der Waals surface area contributed by atoms with E-state index < -0.39 is 0 Å². The summed E-state index contributed by atoms with van der Waals surface area (Å²) in [6.07, 6.45) is 17.3. The highest BCUT2D eigenvalue weighted by Crippen LogP contribution is 2.13. The van der Waals surface area contributed by atoms with E-state index in [1.165, 1.54) is 70.6 Å². The van der Waals surface area contributed by atoms with E-state index in [2.05, 4.69) is 6.92 Å². The predicted octanol–water partition coefficient (Wildman–Crippen LogP) is 7.38. The Kier molecular flexibility index (Phi) is 42.0. The summed E-state index contributed by atoms with van der Waals surface area (Å²) in [5, 5.41) is 0. The van der Waals surface area contributed by atoms with E-state index in [1.807, 2.05) is 30.3 Å². The van der Waals surface area contributed by atoms with Gasteiger partial charge in [-0.15, -0.1) is 0 Å². The van der Waals surface area contributed by atoms with Crippen molar-refractivity contribution in [2.45, 2.75) is 103 Å². The Morgan fingerprint density at radius 2 is 0.655 bits per heavy atom. The fourth-order valence-electron chi connectivity index (χ4n) is 5.32. The molecule has 0 saturated carbocycles. The van der Waals surface area contributed by atoms with Gasteiger partial charge in [0.25, 0.3) is 0 Å². The molecule has 0 fully saturated rings. The summed E-state index contributed by atoms with van der Waals surface area (Å²) >= 11 is 0. The molecule has 55 heavy (non-hydrogen) atoms. The maximum absolute atomic E-state index is 11.9. The van der Waals surface area contributed by atoms with Crippen molar-refractivity contribution in [3.8, 4) is 0 Å². The average molecular weight is 787 g/mol. The standard InChI is InChI=1S/C43H78O12/c1-2-3-4-5-6-7-8-9-10-11-12-13-17-20-43(44)55-40-39-53-36-35-51-32-31-49-28-27-47-24-23-45-21-22-46-25-26-48-29-30-50-33-34-52-37-38-54-41-42-18-15-14-16-19-42/h14-16,18-19H,2-13,17,20-41H2,1H3. The Bertz CT molecular complexity index is 878. The lowest BCUT2D eigenvalue weighted by atomic mass is 10.0. The normalized spacial score (nSPS) is 11.4. The molecule has 0 atom stereocenters. The second-order valence-corrected chi connectivity index (χ2v) is 13.3. The third-order valence-corrected chi connectivity index (χ3v) is 8.43. The van der Waals surface area contributed by atoms with Crippen LogP contribution in [0.25, 0.3) is 0 Å². The third-order valence-electron chi connectivity index (χ3n) is 8.43. The molecule has 0 heterocycles. The van der Waals surface area contributed by atoms with Gasteiger partial charge in [-0.2, -0.15) is 0 Å². The van der Waals surface area contributed by atoms with Gasteiger partial charge < -0.3 is 52.1 Å². The first-order valence-corrected chi connectivity index (χ1v) is 21.3. The fourth-order valence-corrected chi connectivity index (χ4v) is 5.32. The van der Waals surface area contributed by atoms with Crippen LogP contribution in [-0.4, -0.2) is 138 Å². The molecule has 0 aliphatic heterocycles. The summed E-state index contributed by atoms with van der Waals surface area (Å²) in [4.78, 5) is 11.9. The van der Waals surface area contributed by atoms with E-state index in [0.717, 1.165) is 18.4 Å². The van der Waals surface area contributed by atoms with Crippen molar-refractivity contribution in [3.05, 3.63) is 35.9 Å². The topological polar surface area (TPSA) is 119 Å². The minimum absolute atomic E-state index is 0.131. The highest BCUT2D eigenvalue weighted by atomic mass is 16.6. The van der Waals surface area contributed by atoms with E-state index in [0.29, 0.717) is 139 Å². The summed E-state index contributed by atoms with van der Waals surface area (Å²) in [7, 11) is 0. The first-order valence-electron chi connectivity index (χ1n) is 21.3. The van der Waals surface area contributed by atoms with Gasteiger partial charge in [-0.05, 0) is 12.0 Å². The summed E-state index contributed by atoms with van der Waals surface area (Å²) in [6.45, 7) is 12.7. The molecule has 12 heteroatoms. The second-order valence-electron chi connectivity index (χ2n) is 13.3. The molecule has 322 valence electrons. The molecular formula is C43H78O12. The van der Waals surface area contributed by atoms with Gasteiger partial charge >= 0.3 is 5.97 Å². The molecule has 0 aliphatic carbocycles. The molecule has 0 bridgehead atoms. The summed E-state index contributed by atoms with van der Waals surface area (Å²) in [5.41, 5.74) is 1.16. The van der Waals surface area contributed by atoms with Gasteiger partial charge in [-0.1, -0.05) is 114 Å². The zero-order valence-corrected chi connectivity index (χ0v) is 34.5. The highest BCUT2D eigenvalue weighted by molar-refractivity contribution is 5.69. The van der Waals surface area contributed by atoms with E-state index in [9.17, 15) is 4.79 Å².